The molecule has 1 fully saturated rings. The third-order valence-corrected chi connectivity index (χ3v) is 5.09. The molecule has 3 heterocycles. The van der Waals surface area contributed by atoms with Crippen LogP contribution in [0.5, 0.6) is 0 Å². The van der Waals surface area contributed by atoms with Gasteiger partial charge in [0.05, 0.1) is 23.1 Å². The molecule has 1 saturated heterocycles. The van der Waals surface area contributed by atoms with E-state index in [1.807, 2.05) is 11.0 Å². The van der Waals surface area contributed by atoms with E-state index in [0.29, 0.717) is 23.6 Å². The fourth-order valence-electron chi connectivity index (χ4n) is 4.02. The fraction of sp³-hybridized carbons (Fsp3) is 0.389. The predicted molar refractivity (Wildman–Crippen MR) is 91.4 cm³/mol. The van der Waals surface area contributed by atoms with Gasteiger partial charge in [-0.15, -0.1) is 0 Å². The van der Waals surface area contributed by atoms with Crippen molar-refractivity contribution in [1.29, 1.82) is 0 Å². The van der Waals surface area contributed by atoms with Gasteiger partial charge in [0.1, 0.15) is 0 Å². The molecule has 0 radical (unpaired) electrons. The first-order chi connectivity index (χ1) is 11.9. The number of nitrogens with one attached hydrogen (secondary N) is 2. The third kappa shape index (κ3) is 2.82. The minimum Gasteiger partial charge on any atom is -0.370 e. The van der Waals surface area contributed by atoms with Gasteiger partial charge in [-0.05, 0) is 42.8 Å². The number of rotatable bonds is 2. The molecule has 25 heavy (non-hydrogen) atoms. The zero-order valence-corrected chi connectivity index (χ0v) is 13.8. The Hall–Kier alpha value is -2.28. The van der Waals surface area contributed by atoms with E-state index in [1.54, 1.807) is 31.6 Å². The molecule has 0 amide bonds. The maximum absolute atomic E-state index is 13.7. The Morgan fingerprint density at radius 3 is 2.84 bits per heavy atom. The summed E-state index contributed by atoms with van der Waals surface area (Å²) in [6.07, 6.45) is -0.329. The number of alkyl halides is 3. The van der Waals surface area contributed by atoms with Crippen molar-refractivity contribution in [3.05, 3.63) is 47.8 Å². The van der Waals surface area contributed by atoms with Gasteiger partial charge in [0.25, 0.3) is 0 Å². The Bertz CT molecular complexity index is 776. The van der Waals surface area contributed by atoms with Crippen molar-refractivity contribution < 1.29 is 13.2 Å². The predicted octanol–water partition coefficient (Wildman–Crippen LogP) is 3.74. The lowest BCUT2D eigenvalue weighted by Gasteiger charge is -2.31. The lowest BCUT2D eigenvalue weighted by atomic mass is 9.89. The molecule has 2 N–H and O–H groups in total. The van der Waals surface area contributed by atoms with Gasteiger partial charge in [-0.25, -0.2) is 0 Å². The van der Waals surface area contributed by atoms with E-state index in [9.17, 15) is 13.2 Å². The minimum absolute atomic E-state index is 0.0745. The van der Waals surface area contributed by atoms with Crippen LogP contribution in [0, 0.1) is 0 Å². The average Bonchev–Trinajstić information content (AvgIpc) is 2.88. The highest BCUT2D eigenvalue weighted by Crippen LogP contribution is 2.50. The molecule has 0 spiro atoms. The monoisotopic (exact) mass is 348 g/mol. The van der Waals surface area contributed by atoms with Gasteiger partial charge in [-0.1, -0.05) is 0 Å². The smallest absolute Gasteiger partial charge is 0.370 e. The van der Waals surface area contributed by atoms with Crippen LogP contribution in [0.15, 0.2) is 36.7 Å². The van der Waals surface area contributed by atoms with Crippen molar-refractivity contribution in [2.75, 3.05) is 30.4 Å². The number of nitrogens with zero attached hydrogens (tertiary/aromatic N) is 2. The third-order valence-electron chi connectivity index (χ3n) is 5.09. The van der Waals surface area contributed by atoms with Crippen LogP contribution in [-0.2, 0) is 6.18 Å². The number of hydrogen-bond acceptors (Lipinski definition) is 4. The summed E-state index contributed by atoms with van der Waals surface area (Å²) in [7, 11) is 1.78. The van der Waals surface area contributed by atoms with E-state index in [-0.39, 0.29) is 12.0 Å². The van der Waals surface area contributed by atoms with Gasteiger partial charge >= 0.3 is 6.18 Å². The number of aromatic nitrogens is 1. The second kappa shape index (κ2) is 5.91. The van der Waals surface area contributed by atoms with Gasteiger partial charge in [-0.2, -0.15) is 13.2 Å². The molecule has 1 aromatic carbocycles. The Morgan fingerprint density at radius 2 is 2.12 bits per heavy atom. The molecule has 4 nitrogen and oxygen atoms in total. The summed E-state index contributed by atoms with van der Waals surface area (Å²) < 4.78 is 41.2. The van der Waals surface area contributed by atoms with Crippen LogP contribution in [0.25, 0.3) is 0 Å². The summed E-state index contributed by atoms with van der Waals surface area (Å²) in [5, 5.41) is 6.36. The van der Waals surface area contributed by atoms with Gasteiger partial charge in [-0.3, -0.25) is 4.98 Å². The van der Waals surface area contributed by atoms with Crippen molar-refractivity contribution in [3.63, 3.8) is 0 Å². The van der Waals surface area contributed by atoms with Crippen LogP contribution < -0.4 is 15.5 Å². The summed E-state index contributed by atoms with van der Waals surface area (Å²) in [5.74, 6) is 0.0745. The largest absolute Gasteiger partial charge is 0.418 e. The van der Waals surface area contributed by atoms with Crippen molar-refractivity contribution in [2.24, 2.45) is 0 Å². The number of halogens is 3. The molecule has 2 aliphatic rings. The quantitative estimate of drug-likeness (QED) is 0.867. The maximum atomic E-state index is 13.7. The number of fused-ring (bicyclic) bond motifs is 3. The van der Waals surface area contributed by atoms with Crippen molar-refractivity contribution >= 4 is 17.1 Å². The molecule has 0 bridgehead atoms. The summed E-state index contributed by atoms with van der Waals surface area (Å²) >= 11 is 0. The van der Waals surface area contributed by atoms with Crippen LogP contribution in [-0.4, -0.2) is 31.2 Å². The highest BCUT2D eigenvalue weighted by Gasteiger charge is 2.45. The number of hydrogen-bond donors (Lipinski definition) is 2. The second-order valence-corrected chi connectivity index (χ2v) is 6.60. The lowest BCUT2D eigenvalue weighted by Crippen LogP contribution is -2.42. The topological polar surface area (TPSA) is 40.2 Å². The first kappa shape index (κ1) is 16.2. The van der Waals surface area contributed by atoms with Gasteiger partial charge in [0, 0.05) is 37.4 Å². The average molecular weight is 348 g/mol. The molecule has 4 rings (SSSR count). The SMILES string of the molecule is CN1c2c(cc(Nc3cccnc3)cc2C(F)(F)F)[C@H]2CNCC[C@H]21. The maximum Gasteiger partial charge on any atom is 0.418 e. The van der Waals surface area contributed by atoms with Crippen molar-refractivity contribution in [3.8, 4) is 0 Å². The summed E-state index contributed by atoms with van der Waals surface area (Å²) in [4.78, 5) is 5.82. The molecule has 7 heteroatoms. The van der Waals surface area contributed by atoms with Crippen molar-refractivity contribution in [2.45, 2.75) is 24.6 Å². The fourth-order valence-corrected chi connectivity index (χ4v) is 4.02. The summed E-state index contributed by atoms with van der Waals surface area (Å²) in [6, 6.07) is 6.70. The molecule has 0 aliphatic carbocycles. The number of likely N-dealkylation sites (N-methyl/N-ethyl adjacent to an activating group) is 1. The molecule has 0 saturated carbocycles. The number of benzene rings is 1. The lowest BCUT2D eigenvalue weighted by molar-refractivity contribution is -0.137. The molecule has 0 unspecified atom stereocenters. The molecular formula is C18H19F3N4. The van der Waals surface area contributed by atoms with Gasteiger partial charge in [0.2, 0.25) is 0 Å². The normalized spacial score (nSPS) is 22.5. The Balaban J connectivity index is 1.82. The van der Waals surface area contributed by atoms with E-state index in [0.717, 1.165) is 18.5 Å². The number of piperidine rings is 1. The van der Waals surface area contributed by atoms with Crippen LogP contribution >= 0.6 is 0 Å². The Labute approximate surface area is 144 Å². The second-order valence-electron chi connectivity index (χ2n) is 6.60. The summed E-state index contributed by atoms with van der Waals surface area (Å²) in [5.41, 5.74) is 1.62. The Morgan fingerprint density at radius 1 is 1.28 bits per heavy atom. The zero-order valence-electron chi connectivity index (χ0n) is 13.8. The van der Waals surface area contributed by atoms with Crippen LogP contribution in [0.2, 0.25) is 0 Å². The highest BCUT2D eigenvalue weighted by molar-refractivity contribution is 5.74. The van der Waals surface area contributed by atoms with Crippen LogP contribution in [0.3, 0.4) is 0 Å². The first-order valence-electron chi connectivity index (χ1n) is 8.31. The molecule has 1 aromatic heterocycles. The van der Waals surface area contributed by atoms with E-state index in [2.05, 4.69) is 15.6 Å². The van der Waals surface area contributed by atoms with Gasteiger partial charge < -0.3 is 15.5 Å². The van der Waals surface area contributed by atoms with Crippen LogP contribution in [0.1, 0.15) is 23.5 Å². The highest BCUT2D eigenvalue weighted by atomic mass is 19.4. The summed E-state index contributed by atoms with van der Waals surface area (Å²) in [6.45, 7) is 1.54. The molecule has 132 valence electrons. The van der Waals surface area contributed by atoms with E-state index in [1.165, 1.54) is 6.07 Å². The standard InChI is InChI=1S/C18H19F3N4/c1-25-16-4-6-23-10-14(16)13-7-12(24-11-3-2-5-22-9-11)8-15(17(13)25)18(19,20)21/h2-3,5,7-9,14,16,23-24H,4,6,10H2,1H3/t14-,16-/m1/s1. The molecule has 2 atom stereocenters. The Kier molecular flexibility index (Phi) is 3.83. The zero-order chi connectivity index (χ0) is 17.6. The van der Waals surface area contributed by atoms with E-state index < -0.39 is 11.7 Å². The van der Waals surface area contributed by atoms with Crippen molar-refractivity contribution in [1.82, 2.24) is 10.3 Å². The number of anilines is 3. The molecule has 2 aliphatic heterocycles. The van der Waals surface area contributed by atoms with E-state index in [4.69, 9.17) is 0 Å². The van der Waals surface area contributed by atoms with Gasteiger partial charge in [0.15, 0.2) is 0 Å². The molecular weight excluding hydrogens is 329 g/mol. The van der Waals surface area contributed by atoms with Crippen LogP contribution in [0.4, 0.5) is 30.2 Å². The minimum atomic E-state index is -4.40. The first-order valence-corrected chi connectivity index (χ1v) is 8.31. The van der Waals surface area contributed by atoms with E-state index >= 15 is 0 Å². The molecule has 2 aromatic rings. The number of pyridine rings is 1.